The molecule has 1 N–H and O–H groups in total. The summed E-state index contributed by atoms with van der Waals surface area (Å²) < 4.78 is 3.46. The summed E-state index contributed by atoms with van der Waals surface area (Å²) in [7, 11) is 1.83. The van der Waals surface area contributed by atoms with Gasteiger partial charge in [-0.05, 0) is 6.92 Å². The molecule has 104 valence electrons. The van der Waals surface area contributed by atoms with E-state index >= 15 is 0 Å². The molecule has 0 aliphatic rings. The molecule has 2 rings (SSSR count). The number of rotatable bonds is 5. The second-order valence-corrected chi connectivity index (χ2v) is 5.23. The van der Waals surface area contributed by atoms with Gasteiger partial charge in [-0.1, -0.05) is 25.4 Å². The van der Waals surface area contributed by atoms with Crippen molar-refractivity contribution >= 4 is 11.6 Å². The maximum Gasteiger partial charge on any atom is 0.164 e. The minimum Gasteiger partial charge on any atom is -0.308 e. The number of halogens is 1. The molecule has 19 heavy (non-hydrogen) atoms. The molecule has 0 bridgehead atoms. The van der Waals surface area contributed by atoms with E-state index in [9.17, 15) is 0 Å². The van der Waals surface area contributed by atoms with Gasteiger partial charge in [0.2, 0.25) is 0 Å². The van der Waals surface area contributed by atoms with E-state index in [1.165, 1.54) is 0 Å². The van der Waals surface area contributed by atoms with Gasteiger partial charge in [-0.25, -0.2) is 9.67 Å². The standard InChI is InChI=1S/C12H19ClN6/c1-8(2)14-5-11-15-7-19(17-11)6-10-9(3)16-18(4)12(10)13/h7-8,14H,5-6H2,1-4H3. The van der Waals surface area contributed by atoms with Crippen molar-refractivity contribution in [2.75, 3.05) is 0 Å². The fraction of sp³-hybridized carbons (Fsp3) is 0.583. The van der Waals surface area contributed by atoms with E-state index < -0.39 is 0 Å². The van der Waals surface area contributed by atoms with Crippen molar-refractivity contribution in [1.82, 2.24) is 29.9 Å². The maximum absolute atomic E-state index is 6.20. The normalized spacial score (nSPS) is 11.5. The fourth-order valence-electron chi connectivity index (χ4n) is 1.80. The van der Waals surface area contributed by atoms with Crippen molar-refractivity contribution in [2.24, 2.45) is 7.05 Å². The molecule has 2 heterocycles. The highest BCUT2D eigenvalue weighted by atomic mass is 35.5. The van der Waals surface area contributed by atoms with Gasteiger partial charge >= 0.3 is 0 Å². The summed E-state index contributed by atoms with van der Waals surface area (Å²) in [6.07, 6.45) is 1.72. The molecule has 6 nitrogen and oxygen atoms in total. The lowest BCUT2D eigenvalue weighted by Gasteiger charge is -2.04. The lowest BCUT2D eigenvalue weighted by atomic mass is 10.3. The minimum atomic E-state index is 0.418. The summed E-state index contributed by atoms with van der Waals surface area (Å²) in [5.74, 6) is 0.784. The molecule has 0 aliphatic carbocycles. The van der Waals surface area contributed by atoms with Crippen LogP contribution in [0.2, 0.25) is 5.15 Å². The predicted molar refractivity (Wildman–Crippen MR) is 74.1 cm³/mol. The van der Waals surface area contributed by atoms with Crippen LogP contribution in [0.5, 0.6) is 0 Å². The van der Waals surface area contributed by atoms with Crippen molar-refractivity contribution < 1.29 is 0 Å². The number of hydrogen-bond acceptors (Lipinski definition) is 4. The molecule has 0 atom stereocenters. The summed E-state index contributed by atoms with van der Waals surface area (Å²) in [6.45, 7) is 7.39. The van der Waals surface area contributed by atoms with Gasteiger partial charge in [0.1, 0.15) is 11.5 Å². The Kier molecular flexibility index (Phi) is 4.21. The van der Waals surface area contributed by atoms with Crippen molar-refractivity contribution in [2.45, 2.75) is 39.9 Å². The Morgan fingerprint density at radius 1 is 1.37 bits per heavy atom. The van der Waals surface area contributed by atoms with Gasteiger partial charge in [0, 0.05) is 18.7 Å². The van der Waals surface area contributed by atoms with Crippen LogP contribution in [0.1, 0.15) is 30.9 Å². The zero-order chi connectivity index (χ0) is 14.0. The summed E-state index contributed by atoms with van der Waals surface area (Å²) in [4.78, 5) is 4.27. The van der Waals surface area contributed by atoms with Crippen molar-refractivity contribution in [3.05, 3.63) is 28.6 Å². The first kappa shape index (κ1) is 14.0. The van der Waals surface area contributed by atoms with Gasteiger partial charge in [-0.15, -0.1) is 0 Å². The molecule has 0 spiro atoms. The molecule has 7 heteroatoms. The summed E-state index contributed by atoms with van der Waals surface area (Å²) in [5.41, 5.74) is 1.90. The van der Waals surface area contributed by atoms with Gasteiger partial charge < -0.3 is 5.32 Å². The van der Waals surface area contributed by atoms with E-state index in [-0.39, 0.29) is 0 Å². The first-order valence-electron chi connectivity index (χ1n) is 6.27. The minimum absolute atomic E-state index is 0.418. The molecule has 0 aromatic carbocycles. The molecule has 2 aromatic rings. The van der Waals surface area contributed by atoms with Crippen LogP contribution in [0.3, 0.4) is 0 Å². The molecule has 0 fully saturated rings. The third-order valence-corrected chi connectivity index (χ3v) is 3.32. The molecule has 0 amide bonds. The second-order valence-electron chi connectivity index (χ2n) is 4.87. The fourth-order valence-corrected chi connectivity index (χ4v) is 2.04. The SMILES string of the molecule is Cc1nn(C)c(Cl)c1Cn1cnc(CNC(C)C)n1. The predicted octanol–water partition coefficient (Wildman–Crippen LogP) is 1.52. The zero-order valence-electron chi connectivity index (χ0n) is 11.7. The highest BCUT2D eigenvalue weighted by Gasteiger charge is 2.12. The van der Waals surface area contributed by atoms with E-state index in [1.54, 1.807) is 15.7 Å². The van der Waals surface area contributed by atoms with Crippen molar-refractivity contribution in [3.8, 4) is 0 Å². The van der Waals surface area contributed by atoms with Crippen molar-refractivity contribution in [1.29, 1.82) is 0 Å². The van der Waals surface area contributed by atoms with Crippen LogP contribution >= 0.6 is 11.6 Å². The Balaban J connectivity index is 2.07. The molecule has 0 saturated heterocycles. The number of nitrogens with one attached hydrogen (secondary N) is 1. The molecule has 0 saturated carbocycles. The van der Waals surface area contributed by atoms with Crippen LogP contribution in [0.15, 0.2) is 6.33 Å². The average Bonchev–Trinajstić information content (AvgIpc) is 2.88. The quantitative estimate of drug-likeness (QED) is 0.903. The molecule has 0 aliphatic heterocycles. The molecular weight excluding hydrogens is 264 g/mol. The van der Waals surface area contributed by atoms with E-state index in [0.29, 0.717) is 24.3 Å². The number of hydrogen-bond donors (Lipinski definition) is 1. The first-order valence-corrected chi connectivity index (χ1v) is 6.65. The highest BCUT2D eigenvalue weighted by Crippen LogP contribution is 2.19. The van der Waals surface area contributed by atoms with Crippen LogP contribution in [0.25, 0.3) is 0 Å². The summed E-state index contributed by atoms with van der Waals surface area (Å²) >= 11 is 6.20. The van der Waals surface area contributed by atoms with Gasteiger partial charge in [-0.2, -0.15) is 10.2 Å². The third kappa shape index (κ3) is 3.33. The number of aryl methyl sites for hydroxylation is 2. The third-order valence-electron chi connectivity index (χ3n) is 2.84. The number of nitrogens with zero attached hydrogens (tertiary/aromatic N) is 5. The molecule has 0 radical (unpaired) electrons. The van der Waals surface area contributed by atoms with E-state index in [1.807, 2.05) is 14.0 Å². The largest absolute Gasteiger partial charge is 0.308 e. The smallest absolute Gasteiger partial charge is 0.164 e. The van der Waals surface area contributed by atoms with Gasteiger partial charge in [0.25, 0.3) is 0 Å². The Bertz CT molecular complexity index is 557. The summed E-state index contributed by atoms with van der Waals surface area (Å²) in [6, 6.07) is 0.418. The highest BCUT2D eigenvalue weighted by molar-refractivity contribution is 6.30. The van der Waals surface area contributed by atoms with Crippen LogP contribution in [0.4, 0.5) is 0 Å². The second kappa shape index (κ2) is 5.71. The van der Waals surface area contributed by atoms with Crippen LogP contribution in [-0.2, 0) is 20.1 Å². The Morgan fingerprint density at radius 2 is 2.11 bits per heavy atom. The van der Waals surface area contributed by atoms with Gasteiger partial charge in [0.15, 0.2) is 5.82 Å². The summed E-state index contributed by atoms with van der Waals surface area (Å²) in [5, 5.41) is 12.6. The lowest BCUT2D eigenvalue weighted by Crippen LogP contribution is -2.22. The lowest BCUT2D eigenvalue weighted by molar-refractivity contribution is 0.565. The monoisotopic (exact) mass is 282 g/mol. The Labute approximate surface area is 117 Å². The zero-order valence-corrected chi connectivity index (χ0v) is 12.4. The maximum atomic E-state index is 6.20. The topological polar surface area (TPSA) is 60.6 Å². The van der Waals surface area contributed by atoms with Crippen LogP contribution < -0.4 is 5.32 Å². The first-order chi connectivity index (χ1) is 8.97. The van der Waals surface area contributed by atoms with E-state index in [0.717, 1.165) is 17.1 Å². The molecular formula is C12H19ClN6. The van der Waals surface area contributed by atoms with Crippen LogP contribution in [0, 0.1) is 6.92 Å². The van der Waals surface area contributed by atoms with Crippen LogP contribution in [-0.4, -0.2) is 30.6 Å². The Hall–Kier alpha value is -1.40. The van der Waals surface area contributed by atoms with Gasteiger partial charge in [-0.3, -0.25) is 4.68 Å². The molecule has 2 aromatic heterocycles. The van der Waals surface area contributed by atoms with Crippen molar-refractivity contribution in [3.63, 3.8) is 0 Å². The van der Waals surface area contributed by atoms with E-state index in [2.05, 4.69) is 34.3 Å². The van der Waals surface area contributed by atoms with Gasteiger partial charge in [0.05, 0.1) is 18.8 Å². The van der Waals surface area contributed by atoms with E-state index in [4.69, 9.17) is 11.6 Å². The Morgan fingerprint density at radius 3 is 2.68 bits per heavy atom. The average molecular weight is 283 g/mol. The molecule has 0 unspecified atom stereocenters. The number of aromatic nitrogens is 5.